The minimum absolute atomic E-state index is 0.00967. The summed E-state index contributed by atoms with van der Waals surface area (Å²) in [6, 6.07) is 0. The topological polar surface area (TPSA) is 52.6 Å². The first-order chi connectivity index (χ1) is 20.4. The van der Waals surface area contributed by atoms with Crippen molar-refractivity contribution in [3.8, 4) is 0 Å². The molecule has 12 bridgehead atoms. The molecule has 0 aromatic heterocycles. The van der Waals surface area contributed by atoms with Crippen LogP contribution in [0.4, 0.5) is 0 Å². The summed E-state index contributed by atoms with van der Waals surface area (Å²) >= 11 is 0. The van der Waals surface area contributed by atoms with Crippen LogP contribution in [-0.4, -0.2) is 29.6 Å². The highest BCUT2D eigenvalue weighted by Crippen LogP contribution is 2.64. The summed E-state index contributed by atoms with van der Waals surface area (Å²) in [7, 11) is 0. The molecule has 2 atom stereocenters. The van der Waals surface area contributed by atoms with Crippen LogP contribution < -0.4 is 0 Å². The largest absolute Gasteiger partial charge is 0.343 e. The van der Waals surface area contributed by atoms with Crippen molar-refractivity contribution in [3.05, 3.63) is 0 Å². The van der Waals surface area contributed by atoms with Gasteiger partial charge in [-0.05, 0) is 169 Å². The Morgan fingerprint density at radius 2 is 0.762 bits per heavy atom. The Labute approximate surface area is 253 Å². The van der Waals surface area contributed by atoms with E-state index in [4.69, 9.17) is 9.47 Å². The molecule has 1 spiro atoms. The molecule has 0 aromatic carbocycles. The van der Waals surface area contributed by atoms with Gasteiger partial charge in [0.1, 0.15) is 11.6 Å². The number of hydrogen-bond donors (Lipinski definition) is 0. The second-order valence-corrected chi connectivity index (χ2v) is 18.7. The zero-order chi connectivity index (χ0) is 27.8. The van der Waals surface area contributed by atoms with E-state index in [1.165, 1.54) is 109 Å². The van der Waals surface area contributed by atoms with E-state index in [1.54, 1.807) is 0 Å². The molecule has 0 amide bonds. The number of ketones is 2. The third-order valence-corrected chi connectivity index (χ3v) is 15.9. The molecule has 13 aliphatic rings. The third kappa shape index (κ3) is 3.91. The highest BCUT2D eigenvalue weighted by atomic mass is 16.8. The highest BCUT2D eigenvalue weighted by molar-refractivity contribution is 5.86. The number of Topliss-reactive ketones (excluding diaryl/α,β-unsaturated/α-hetero) is 2. The molecule has 0 aromatic rings. The van der Waals surface area contributed by atoms with Crippen molar-refractivity contribution in [2.24, 2.45) is 70.0 Å². The van der Waals surface area contributed by atoms with E-state index in [0.717, 1.165) is 60.2 Å². The van der Waals surface area contributed by atoms with Crippen LogP contribution in [0.25, 0.3) is 0 Å². The Balaban J connectivity index is 0.869. The molecule has 0 N–H and O–H groups in total. The molecule has 0 radical (unpaired) electrons. The fraction of sp³-hybridized carbons (Fsp3) is 0.947. The van der Waals surface area contributed by atoms with Gasteiger partial charge in [0.15, 0.2) is 5.79 Å². The predicted molar refractivity (Wildman–Crippen MR) is 159 cm³/mol. The Morgan fingerprint density at radius 1 is 0.452 bits per heavy atom. The zero-order valence-electron chi connectivity index (χ0n) is 25.9. The van der Waals surface area contributed by atoms with Gasteiger partial charge in [-0.15, -0.1) is 0 Å². The van der Waals surface area contributed by atoms with Crippen LogP contribution in [0.1, 0.15) is 135 Å². The Kier molecular flexibility index (Phi) is 5.78. The second-order valence-electron chi connectivity index (χ2n) is 18.7. The number of carbonyl (C=O) groups is 2. The lowest BCUT2D eigenvalue weighted by Gasteiger charge is -2.58. The van der Waals surface area contributed by atoms with Crippen LogP contribution in [0.3, 0.4) is 0 Å². The lowest BCUT2D eigenvalue weighted by Crippen LogP contribution is -2.58. The smallest absolute Gasteiger partial charge is 0.174 e. The Morgan fingerprint density at radius 3 is 1.10 bits per heavy atom. The fourth-order valence-electron chi connectivity index (χ4n) is 15.3. The van der Waals surface area contributed by atoms with E-state index in [9.17, 15) is 9.59 Å². The van der Waals surface area contributed by atoms with Crippen molar-refractivity contribution in [2.75, 3.05) is 0 Å². The number of rotatable bonds is 8. The maximum absolute atomic E-state index is 14.0. The summed E-state index contributed by atoms with van der Waals surface area (Å²) < 4.78 is 14.4. The molecule has 4 nitrogen and oxygen atoms in total. The molecule has 2 unspecified atom stereocenters. The van der Waals surface area contributed by atoms with Crippen LogP contribution in [0.15, 0.2) is 0 Å². The third-order valence-electron chi connectivity index (χ3n) is 15.9. The zero-order valence-corrected chi connectivity index (χ0v) is 25.9. The van der Waals surface area contributed by atoms with Crippen LogP contribution >= 0.6 is 0 Å². The highest BCUT2D eigenvalue weighted by Gasteiger charge is 2.64. The monoisotopic (exact) mass is 574 g/mol. The van der Waals surface area contributed by atoms with Gasteiger partial charge < -0.3 is 9.47 Å². The van der Waals surface area contributed by atoms with Gasteiger partial charge in [-0.25, -0.2) is 0 Å². The molecule has 1 aliphatic heterocycles. The molecule has 13 rings (SSSR count). The molecular weight excluding hydrogens is 520 g/mol. The minimum atomic E-state index is -0.420. The molecule has 13 fully saturated rings. The van der Waals surface area contributed by atoms with Gasteiger partial charge in [0.25, 0.3) is 0 Å². The molecule has 4 heteroatoms. The standard InChI is InChI=1S/C38H54O4/c39-34(36-16-24-6-25(17-36)8-26(7-24)18-36)3-1-32-33(42-38(41-32)30-12-22-5-23(14-30)15-31(38)13-22)2-4-35(40)37-19-27-9-28(20-37)11-29(10-27)21-37/h22-33H,1-21H2. The van der Waals surface area contributed by atoms with Crippen LogP contribution in [0, 0.1) is 70.0 Å². The van der Waals surface area contributed by atoms with Gasteiger partial charge in [-0.2, -0.15) is 0 Å². The molecule has 42 heavy (non-hydrogen) atoms. The summed E-state index contributed by atoms with van der Waals surface area (Å²) in [6.07, 6.45) is 24.8. The Hall–Kier alpha value is -0.740. The van der Waals surface area contributed by atoms with Crippen LogP contribution in [0.2, 0.25) is 0 Å². The predicted octanol–water partition coefficient (Wildman–Crippen LogP) is 8.05. The molecule has 12 saturated carbocycles. The van der Waals surface area contributed by atoms with Gasteiger partial charge in [0.05, 0.1) is 12.2 Å². The van der Waals surface area contributed by atoms with Gasteiger partial charge in [0, 0.05) is 35.5 Å². The van der Waals surface area contributed by atoms with Crippen molar-refractivity contribution < 1.29 is 19.1 Å². The number of carbonyl (C=O) groups excluding carboxylic acids is 2. The van der Waals surface area contributed by atoms with Crippen molar-refractivity contribution in [1.82, 2.24) is 0 Å². The maximum atomic E-state index is 14.0. The molecule has 230 valence electrons. The molecule has 12 aliphatic carbocycles. The van der Waals surface area contributed by atoms with Crippen LogP contribution in [0.5, 0.6) is 0 Å². The van der Waals surface area contributed by atoms with Crippen molar-refractivity contribution in [2.45, 2.75) is 153 Å². The average molecular weight is 575 g/mol. The van der Waals surface area contributed by atoms with Gasteiger partial charge in [0.2, 0.25) is 0 Å². The first-order valence-electron chi connectivity index (χ1n) is 18.8. The van der Waals surface area contributed by atoms with Crippen molar-refractivity contribution >= 4 is 11.6 Å². The van der Waals surface area contributed by atoms with Gasteiger partial charge in [-0.3, -0.25) is 9.59 Å². The lowest BCUT2D eigenvalue weighted by atomic mass is 9.48. The quantitative estimate of drug-likeness (QED) is 0.294. The summed E-state index contributed by atoms with van der Waals surface area (Å²) in [5.41, 5.74) is -0.0308. The SMILES string of the molecule is O=C(CCC1OC2(OC1CCC(=O)C13CC4CC(CC(C4)C1)C3)C1CC3CC(C1)CC2C3)C12CC3CC(CC(C3)C1)C2. The van der Waals surface area contributed by atoms with E-state index < -0.39 is 5.79 Å². The summed E-state index contributed by atoms with van der Waals surface area (Å²) in [5, 5.41) is 0. The summed E-state index contributed by atoms with van der Waals surface area (Å²) in [6.45, 7) is 0. The van der Waals surface area contributed by atoms with E-state index in [0.29, 0.717) is 36.2 Å². The summed E-state index contributed by atoms with van der Waals surface area (Å²) in [4.78, 5) is 28.1. The Bertz CT molecular complexity index is 983. The fourth-order valence-corrected chi connectivity index (χ4v) is 15.3. The van der Waals surface area contributed by atoms with E-state index in [1.807, 2.05) is 0 Å². The second kappa shape index (κ2) is 9.17. The number of ether oxygens (including phenoxy) is 2. The first-order valence-corrected chi connectivity index (χ1v) is 18.8. The molecule has 1 heterocycles. The first kappa shape index (κ1) is 26.5. The number of hydrogen-bond acceptors (Lipinski definition) is 4. The van der Waals surface area contributed by atoms with E-state index >= 15 is 0 Å². The van der Waals surface area contributed by atoms with E-state index in [-0.39, 0.29) is 23.0 Å². The average Bonchev–Trinajstić information content (AvgIpc) is 3.31. The normalized spacial score (nSPS) is 57.5. The maximum Gasteiger partial charge on any atom is 0.174 e. The van der Waals surface area contributed by atoms with Crippen LogP contribution in [-0.2, 0) is 19.1 Å². The van der Waals surface area contributed by atoms with Gasteiger partial charge >= 0.3 is 0 Å². The molecule has 1 saturated heterocycles. The lowest BCUT2D eigenvalue weighted by molar-refractivity contribution is -0.299. The van der Waals surface area contributed by atoms with Crippen molar-refractivity contribution in [3.63, 3.8) is 0 Å². The minimum Gasteiger partial charge on any atom is -0.343 e. The van der Waals surface area contributed by atoms with Gasteiger partial charge in [-0.1, -0.05) is 0 Å². The molecular formula is C38H54O4. The van der Waals surface area contributed by atoms with Crippen molar-refractivity contribution in [1.29, 1.82) is 0 Å². The summed E-state index contributed by atoms with van der Waals surface area (Å²) in [5.74, 6) is 8.36. The van der Waals surface area contributed by atoms with E-state index in [2.05, 4.69) is 0 Å².